The molecule has 0 spiro atoms. The SMILES string of the molecule is Cc1ccc(NC(=O)NCC(=O)N(CC(=O)N(C)c2ccccc2)c2ccccc2OCC(=O)N(C)c2ccccc2)cc1. The number of ether oxygens (including phenoxy) is 1. The molecular weight excluding hydrogens is 558 g/mol. The first-order chi connectivity index (χ1) is 21.2. The average molecular weight is 594 g/mol. The summed E-state index contributed by atoms with van der Waals surface area (Å²) in [4.78, 5) is 56.6. The lowest BCUT2D eigenvalue weighted by molar-refractivity contribution is -0.121. The number of benzene rings is 4. The summed E-state index contributed by atoms with van der Waals surface area (Å²) in [7, 11) is 3.27. The zero-order valence-electron chi connectivity index (χ0n) is 24.9. The molecule has 0 heterocycles. The second-order valence-electron chi connectivity index (χ2n) is 9.99. The summed E-state index contributed by atoms with van der Waals surface area (Å²) in [6.45, 7) is 0.889. The van der Waals surface area contributed by atoms with E-state index in [4.69, 9.17) is 4.74 Å². The Bertz CT molecular complexity index is 1580. The van der Waals surface area contributed by atoms with Gasteiger partial charge in [-0.15, -0.1) is 0 Å². The van der Waals surface area contributed by atoms with Crippen molar-refractivity contribution < 1.29 is 23.9 Å². The molecule has 0 atom stereocenters. The Kier molecular flexibility index (Phi) is 10.7. The van der Waals surface area contributed by atoms with Gasteiger partial charge < -0.3 is 25.2 Å². The summed E-state index contributed by atoms with van der Waals surface area (Å²) in [6, 6.07) is 31.5. The number of aryl methyl sites for hydroxylation is 1. The number of rotatable bonds is 11. The van der Waals surface area contributed by atoms with E-state index >= 15 is 0 Å². The molecule has 0 saturated carbocycles. The highest BCUT2D eigenvalue weighted by atomic mass is 16.5. The quantitative estimate of drug-likeness (QED) is 0.258. The van der Waals surface area contributed by atoms with Crippen molar-refractivity contribution in [3.05, 3.63) is 115 Å². The van der Waals surface area contributed by atoms with E-state index in [1.165, 1.54) is 14.7 Å². The fourth-order valence-corrected chi connectivity index (χ4v) is 4.24. The summed E-state index contributed by atoms with van der Waals surface area (Å²) < 4.78 is 5.90. The maximum Gasteiger partial charge on any atom is 0.319 e. The zero-order valence-corrected chi connectivity index (χ0v) is 24.9. The highest BCUT2D eigenvalue weighted by Crippen LogP contribution is 2.29. The number of likely N-dealkylation sites (N-methyl/N-ethyl adjacent to an activating group) is 2. The van der Waals surface area contributed by atoms with Gasteiger partial charge >= 0.3 is 6.03 Å². The van der Waals surface area contributed by atoms with Crippen LogP contribution in [0.4, 0.5) is 27.5 Å². The highest BCUT2D eigenvalue weighted by Gasteiger charge is 2.25. The van der Waals surface area contributed by atoms with Crippen LogP contribution < -0.4 is 30.1 Å². The molecule has 5 amide bonds. The van der Waals surface area contributed by atoms with Crippen LogP contribution in [0.3, 0.4) is 0 Å². The van der Waals surface area contributed by atoms with Crippen LogP contribution in [-0.4, -0.2) is 57.5 Å². The first-order valence-electron chi connectivity index (χ1n) is 14.0. The van der Waals surface area contributed by atoms with Crippen LogP contribution in [0.5, 0.6) is 5.75 Å². The van der Waals surface area contributed by atoms with Crippen molar-refractivity contribution >= 4 is 46.5 Å². The average Bonchev–Trinajstić information content (AvgIpc) is 3.06. The summed E-state index contributed by atoms with van der Waals surface area (Å²) in [6.07, 6.45) is 0. The predicted molar refractivity (Wildman–Crippen MR) is 172 cm³/mol. The number of amides is 5. The summed E-state index contributed by atoms with van der Waals surface area (Å²) >= 11 is 0. The smallest absolute Gasteiger partial charge is 0.319 e. The number of para-hydroxylation sites is 4. The van der Waals surface area contributed by atoms with Crippen molar-refractivity contribution in [1.82, 2.24) is 5.32 Å². The zero-order chi connectivity index (χ0) is 31.5. The second kappa shape index (κ2) is 15.0. The maximum atomic E-state index is 13.6. The van der Waals surface area contributed by atoms with Crippen LogP contribution in [0.1, 0.15) is 5.56 Å². The van der Waals surface area contributed by atoms with Gasteiger partial charge in [0.15, 0.2) is 6.61 Å². The molecule has 0 aliphatic carbocycles. The number of hydrogen-bond donors (Lipinski definition) is 2. The van der Waals surface area contributed by atoms with Crippen molar-refractivity contribution in [3.8, 4) is 5.75 Å². The fourth-order valence-electron chi connectivity index (χ4n) is 4.24. The van der Waals surface area contributed by atoms with Gasteiger partial charge in [0.05, 0.1) is 12.2 Å². The minimum absolute atomic E-state index is 0.231. The van der Waals surface area contributed by atoms with Gasteiger partial charge in [-0.25, -0.2) is 4.79 Å². The molecule has 0 radical (unpaired) electrons. The molecule has 0 saturated heterocycles. The Balaban J connectivity index is 1.52. The number of nitrogens with one attached hydrogen (secondary N) is 2. The molecule has 44 heavy (non-hydrogen) atoms. The van der Waals surface area contributed by atoms with Crippen LogP contribution in [-0.2, 0) is 14.4 Å². The Morgan fingerprint density at radius 1 is 0.659 bits per heavy atom. The van der Waals surface area contributed by atoms with Crippen molar-refractivity contribution in [2.75, 3.05) is 53.8 Å². The molecule has 0 aliphatic rings. The Hall–Kier alpha value is -5.64. The van der Waals surface area contributed by atoms with Crippen molar-refractivity contribution in [3.63, 3.8) is 0 Å². The lowest BCUT2D eigenvalue weighted by Gasteiger charge is -2.27. The third-order valence-corrected chi connectivity index (χ3v) is 6.85. The van der Waals surface area contributed by atoms with Crippen molar-refractivity contribution in [2.45, 2.75) is 6.92 Å². The lowest BCUT2D eigenvalue weighted by Crippen LogP contribution is -2.46. The molecule has 2 N–H and O–H groups in total. The van der Waals surface area contributed by atoms with Crippen LogP contribution in [0.2, 0.25) is 0 Å². The summed E-state index contributed by atoms with van der Waals surface area (Å²) in [5.74, 6) is -1.00. The molecular formula is C34H35N5O5. The Labute approximate surface area is 256 Å². The van der Waals surface area contributed by atoms with Gasteiger partial charge in [0.2, 0.25) is 11.8 Å². The number of anilines is 4. The maximum absolute atomic E-state index is 13.6. The largest absolute Gasteiger partial charge is 0.482 e. The molecule has 10 heteroatoms. The van der Waals surface area contributed by atoms with Crippen LogP contribution in [0.25, 0.3) is 0 Å². The van der Waals surface area contributed by atoms with Crippen LogP contribution >= 0.6 is 0 Å². The van der Waals surface area contributed by atoms with Gasteiger partial charge in [-0.2, -0.15) is 0 Å². The van der Waals surface area contributed by atoms with Crippen LogP contribution in [0, 0.1) is 6.92 Å². The number of nitrogens with zero attached hydrogens (tertiary/aromatic N) is 3. The molecule has 226 valence electrons. The van der Waals surface area contributed by atoms with Gasteiger partial charge in [0.25, 0.3) is 5.91 Å². The molecule has 0 aromatic heterocycles. The van der Waals surface area contributed by atoms with Gasteiger partial charge in [-0.3, -0.25) is 19.3 Å². The van der Waals surface area contributed by atoms with E-state index in [-0.39, 0.29) is 36.4 Å². The van der Waals surface area contributed by atoms with E-state index in [9.17, 15) is 19.2 Å². The first kappa shape index (κ1) is 31.3. The van der Waals surface area contributed by atoms with Gasteiger partial charge in [-0.05, 0) is 55.5 Å². The van der Waals surface area contributed by atoms with E-state index in [1.54, 1.807) is 62.6 Å². The third-order valence-electron chi connectivity index (χ3n) is 6.85. The number of urea groups is 1. The molecule has 4 rings (SSSR count). The normalized spacial score (nSPS) is 10.3. The summed E-state index contributed by atoms with van der Waals surface area (Å²) in [5.41, 5.74) is 3.25. The number of carbonyl (C=O) groups is 4. The molecule has 4 aromatic rings. The minimum atomic E-state index is -0.575. The molecule has 0 unspecified atom stereocenters. The topological polar surface area (TPSA) is 111 Å². The van der Waals surface area contributed by atoms with E-state index < -0.39 is 18.5 Å². The Morgan fingerprint density at radius 2 is 1.20 bits per heavy atom. The van der Waals surface area contributed by atoms with E-state index in [2.05, 4.69) is 10.6 Å². The van der Waals surface area contributed by atoms with E-state index in [0.29, 0.717) is 17.1 Å². The minimum Gasteiger partial charge on any atom is -0.482 e. The fraction of sp³-hybridized carbons (Fsp3) is 0.176. The molecule has 10 nitrogen and oxygen atoms in total. The first-order valence-corrected chi connectivity index (χ1v) is 14.0. The number of carbonyl (C=O) groups excluding carboxylic acids is 4. The van der Waals surface area contributed by atoms with Gasteiger partial charge in [0, 0.05) is 31.2 Å². The summed E-state index contributed by atoms with van der Waals surface area (Å²) in [5, 5.41) is 5.25. The van der Waals surface area contributed by atoms with E-state index in [1.807, 2.05) is 67.6 Å². The monoisotopic (exact) mass is 593 g/mol. The van der Waals surface area contributed by atoms with E-state index in [0.717, 1.165) is 5.56 Å². The predicted octanol–water partition coefficient (Wildman–Crippen LogP) is 4.85. The third kappa shape index (κ3) is 8.45. The molecule has 0 bridgehead atoms. The molecule has 0 aliphatic heterocycles. The number of hydrogen-bond acceptors (Lipinski definition) is 5. The second-order valence-corrected chi connectivity index (χ2v) is 9.99. The highest BCUT2D eigenvalue weighted by molar-refractivity contribution is 6.06. The Morgan fingerprint density at radius 3 is 1.82 bits per heavy atom. The molecule has 4 aromatic carbocycles. The molecule has 0 fully saturated rings. The standard InChI is InChI=1S/C34H35N5O5/c1-25-18-20-26(21-19-25)36-34(43)35-22-31(40)39(23-32(41)37(2)27-12-6-4-7-13-27)29-16-10-11-17-30(29)44-24-33(42)38(3)28-14-8-5-9-15-28/h4-21H,22-24H2,1-3H3,(H2,35,36,43). The van der Waals surface area contributed by atoms with Crippen molar-refractivity contribution in [1.29, 1.82) is 0 Å². The lowest BCUT2D eigenvalue weighted by atomic mass is 10.2. The van der Waals surface area contributed by atoms with Gasteiger partial charge in [0.1, 0.15) is 12.3 Å². The van der Waals surface area contributed by atoms with Gasteiger partial charge in [-0.1, -0.05) is 66.2 Å². The van der Waals surface area contributed by atoms with Crippen molar-refractivity contribution in [2.24, 2.45) is 0 Å². The van der Waals surface area contributed by atoms with Crippen LogP contribution in [0.15, 0.2) is 109 Å².